The van der Waals surface area contributed by atoms with Crippen LogP contribution in [0.4, 0.5) is 5.69 Å². The Hall–Kier alpha value is -2.82. The van der Waals surface area contributed by atoms with Crippen LogP contribution in [0.5, 0.6) is 5.75 Å². The van der Waals surface area contributed by atoms with Crippen LogP contribution >= 0.6 is 0 Å². The van der Waals surface area contributed by atoms with Crippen molar-refractivity contribution in [1.29, 1.82) is 0 Å². The number of benzene rings is 2. The molecule has 0 saturated carbocycles. The molecule has 2 amide bonds. The van der Waals surface area contributed by atoms with E-state index in [1.165, 1.54) is 5.56 Å². The lowest BCUT2D eigenvalue weighted by atomic mass is 9.87. The average Bonchev–Trinajstić information content (AvgIpc) is 3.07. The standard InChI is InChI=1S/C24H30N2O3/c1-24(2,3)19-8-10-20(11-9-19)25-23(28)18-15-22(27)26(16-18)13-12-17-6-5-7-21(14-17)29-4/h5-11,14,18H,12-13,15-16H2,1-4H3,(H,25,28). The second-order valence-corrected chi connectivity index (χ2v) is 8.66. The summed E-state index contributed by atoms with van der Waals surface area (Å²) in [6.45, 7) is 7.55. The zero-order valence-corrected chi connectivity index (χ0v) is 17.7. The van der Waals surface area contributed by atoms with Crippen LogP contribution in [-0.2, 0) is 21.4 Å². The predicted molar refractivity (Wildman–Crippen MR) is 115 cm³/mol. The fourth-order valence-electron chi connectivity index (χ4n) is 3.55. The smallest absolute Gasteiger partial charge is 0.229 e. The summed E-state index contributed by atoms with van der Waals surface area (Å²) in [5.74, 6) is 0.446. The van der Waals surface area contributed by atoms with Gasteiger partial charge in [0.1, 0.15) is 5.75 Å². The van der Waals surface area contributed by atoms with Crippen molar-refractivity contribution in [3.8, 4) is 5.75 Å². The predicted octanol–water partition coefficient (Wildman–Crippen LogP) is 4.02. The van der Waals surface area contributed by atoms with E-state index in [4.69, 9.17) is 4.74 Å². The number of anilines is 1. The maximum absolute atomic E-state index is 12.6. The van der Waals surface area contributed by atoms with Gasteiger partial charge in [0.15, 0.2) is 0 Å². The highest BCUT2D eigenvalue weighted by molar-refractivity contribution is 5.97. The van der Waals surface area contributed by atoms with Crippen molar-refractivity contribution in [2.45, 2.75) is 39.0 Å². The SMILES string of the molecule is COc1cccc(CCN2CC(C(=O)Nc3ccc(C(C)(C)C)cc3)CC2=O)c1. The first-order valence-corrected chi connectivity index (χ1v) is 10.1. The van der Waals surface area contributed by atoms with Crippen molar-refractivity contribution >= 4 is 17.5 Å². The van der Waals surface area contributed by atoms with E-state index in [0.717, 1.165) is 23.4 Å². The molecule has 0 aromatic heterocycles. The molecule has 5 heteroatoms. The number of hydrogen-bond acceptors (Lipinski definition) is 3. The summed E-state index contributed by atoms with van der Waals surface area (Å²) in [4.78, 5) is 26.8. The van der Waals surface area contributed by atoms with E-state index in [2.05, 4.69) is 26.1 Å². The number of likely N-dealkylation sites (tertiary alicyclic amines) is 1. The molecule has 0 spiro atoms. The van der Waals surface area contributed by atoms with Crippen LogP contribution in [0.15, 0.2) is 48.5 Å². The molecule has 0 radical (unpaired) electrons. The van der Waals surface area contributed by atoms with Gasteiger partial charge in [-0.25, -0.2) is 0 Å². The third-order valence-electron chi connectivity index (χ3n) is 5.41. The Morgan fingerprint density at radius 3 is 2.55 bits per heavy atom. The molecule has 1 atom stereocenters. The highest BCUT2D eigenvalue weighted by Gasteiger charge is 2.34. The van der Waals surface area contributed by atoms with Gasteiger partial charge in [0.25, 0.3) is 0 Å². The van der Waals surface area contributed by atoms with Crippen LogP contribution in [0.25, 0.3) is 0 Å². The first-order chi connectivity index (χ1) is 13.8. The van der Waals surface area contributed by atoms with E-state index in [0.29, 0.717) is 13.1 Å². The summed E-state index contributed by atoms with van der Waals surface area (Å²) >= 11 is 0. The van der Waals surface area contributed by atoms with Gasteiger partial charge >= 0.3 is 0 Å². The second-order valence-electron chi connectivity index (χ2n) is 8.66. The molecule has 154 valence electrons. The van der Waals surface area contributed by atoms with Gasteiger partial charge in [0.2, 0.25) is 11.8 Å². The monoisotopic (exact) mass is 394 g/mol. The quantitative estimate of drug-likeness (QED) is 0.805. The van der Waals surface area contributed by atoms with Gasteiger partial charge in [-0.05, 0) is 47.2 Å². The van der Waals surface area contributed by atoms with Gasteiger partial charge in [-0.2, -0.15) is 0 Å². The Labute approximate surface area is 173 Å². The lowest BCUT2D eigenvalue weighted by Gasteiger charge is -2.19. The number of ether oxygens (including phenoxy) is 1. The molecule has 1 heterocycles. The first-order valence-electron chi connectivity index (χ1n) is 10.1. The van der Waals surface area contributed by atoms with Crippen molar-refractivity contribution in [1.82, 2.24) is 4.90 Å². The highest BCUT2D eigenvalue weighted by Crippen LogP contribution is 2.25. The summed E-state index contributed by atoms with van der Waals surface area (Å²) in [6.07, 6.45) is 1.01. The van der Waals surface area contributed by atoms with Crippen molar-refractivity contribution in [2.75, 3.05) is 25.5 Å². The molecule has 1 fully saturated rings. The van der Waals surface area contributed by atoms with Crippen LogP contribution in [-0.4, -0.2) is 36.9 Å². The number of methoxy groups -OCH3 is 1. The zero-order valence-electron chi connectivity index (χ0n) is 17.7. The number of hydrogen-bond donors (Lipinski definition) is 1. The third-order valence-corrected chi connectivity index (χ3v) is 5.41. The number of rotatable bonds is 6. The molecule has 5 nitrogen and oxygen atoms in total. The summed E-state index contributed by atoms with van der Waals surface area (Å²) < 4.78 is 5.25. The lowest BCUT2D eigenvalue weighted by Crippen LogP contribution is -2.30. The maximum atomic E-state index is 12.6. The number of nitrogens with zero attached hydrogens (tertiary/aromatic N) is 1. The first kappa shape index (κ1) is 20.9. The van der Waals surface area contributed by atoms with Gasteiger partial charge in [-0.15, -0.1) is 0 Å². The number of nitrogens with one attached hydrogen (secondary N) is 1. The Morgan fingerprint density at radius 2 is 1.90 bits per heavy atom. The topological polar surface area (TPSA) is 58.6 Å². The number of amides is 2. The van der Waals surface area contributed by atoms with Crippen LogP contribution in [0.2, 0.25) is 0 Å². The van der Waals surface area contributed by atoms with Crippen LogP contribution in [0.3, 0.4) is 0 Å². The fraction of sp³-hybridized carbons (Fsp3) is 0.417. The van der Waals surface area contributed by atoms with Gasteiger partial charge in [0.05, 0.1) is 13.0 Å². The molecule has 2 aromatic rings. The highest BCUT2D eigenvalue weighted by atomic mass is 16.5. The largest absolute Gasteiger partial charge is 0.497 e. The van der Waals surface area contributed by atoms with Crippen LogP contribution in [0.1, 0.15) is 38.3 Å². The molecule has 1 saturated heterocycles. The number of carbonyl (C=O) groups excluding carboxylic acids is 2. The molecule has 2 aromatic carbocycles. The van der Waals surface area contributed by atoms with Crippen molar-refractivity contribution in [2.24, 2.45) is 5.92 Å². The summed E-state index contributed by atoms with van der Waals surface area (Å²) in [5, 5.41) is 2.96. The van der Waals surface area contributed by atoms with Crippen molar-refractivity contribution in [3.63, 3.8) is 0 Å². The van der Waals surface area contributed by atoms with E-state index >= 15 is 0 Å². The number of carbonyl (C=O) groups is 2. The van der Waals surface area contributed by atoms with Gasteiger partial charge in [-0.3, -0.25) is 9.59 Å². The van der Waals surface area contributed by atoms with E-state index in [1.54, 1.807) is 12.0 Å². The van der Waals surface area contributed by atoms with E-state index in [9.17, 15) is 9.59 Å². The van der Waals surface area contributed by atoms with Gasteiger partial charge in [-0.1, -0.05) is 45.0 Å². The van der Waals surface area contributed by atoms with Crippen LogP contribution < -0.4 is 10.1 Å². The summed E-state index contributed by atoms with van der Waals surface area (Å²) in [5.41, 5.74) is 3.17. The second kappa shape index (κ2) is 8.68. The zero-order chi connectivity index (χ0) is 21.0. The maximum Gasteiger partial charge on any atom is 0.229 e. The average molecular weight is 395 g/mol. The van der Waals surface area contributed by atoms with E-state index in [-0.39, 0.29) is 29.6 Å². The fourth-order valence-corrected chi connectivity index (χ4v) is 3.55. The normalized spacial score (nSPS) is 16.8. The Bertz CT molecular complexity index is 868. The minimum absolute atomic E-state index is 0.0381. The third kappa shape index (κ3) is 5.37. The lowest BCUT2D eigenvalue weighted by molar-refractivity contribution is -0.128. The Kier molecular flexibility index (Phi) is 6.26. The minimum atomic E-state index is -0.310. The van der Waals surface area contributed by atoms with Gasteiger partial charge < -0.3 is 15.0 Å². The molecular weight excluding hydrogens is 364 g/mol. The molecule has 1 aliphatic rings. The molecule has 1 N–H and O–H groups in total. The van der Waals surface area contributed by atoms with Crippen LogP contribution in [0, 0.1) is 5.92 Å². The molecule has 3 rings (SSSR count). The van der Waals surface area contributed by atoms with Gasteiger partial charge in [0, 0.05) is 25.2 Å². The van der Waals surface area contributed by atoms with E-state index in [1.807, 2.05) is 48.5 Å². The summed E-state index contributed by atoms with van der Waals surface area (Å²) in [6, 6.07) is 15.8. The van der Waals surface area contributed by atoms with Crippen molar-refractivity contribution < 1.29 is 14.3 Å². The molecule has 1 unspecified atom stereocenters. The molecule has 0 aliphatic carbocycles. The van der Waals surface area contributed by atoms with Crippen molar-refractivity contribution in [3.05, 3.63) is 59.7 Å². The molecule has 29 heavy (non-hydrogen) atoms. The Balaban J connectivity index is 1.54. The molecule has 0 bridgehead atoms. The Morgan fingerprint density at radius 1 is 1.17 bits per heavy atom. The van der Waals surface area contributed by atoms with E-state index < -0.39 is 0 Å². The molecular formula is C24H30N2O3. The molecule has 1 aliphatic heterocycles. The summed E-state index contributed by atoms with van der Waals surface area (Å²) in [7, 11) is 1.64. The minimum Gasteiger partial charge on any atom is -0.497 e.